The van der Waals surface area contributed by atoms with Crippen molar-refractivity contribution in [2.24, 2.45) is 5.73 Å². The van der Waals surface area contributed by atoms with Crippen LogP contribution in [0.4, 0.5) is 5.69 Å². The number of aromatic amines is 1. The number of hydrogen-bond acceptors (Lipinski definition) is 4. The van der Waals surface area contributed by atoms with Gasteiger partial charge in [-0.15, -0.1) is 0 Å². The van der Waals surface area contributed by atoms with Gasteiger partial charge in [-0.05, 0) is 31.4 Å². The number of aromatic nitrogens is 2. The van der Waals surface area contributed by atoms with E-state index in [9.17, 15) is 13.2 Å². The van der Waals surface area contributed by atoms with E-state index in [1.807, 2.05) is 56.3 Å². The number of sulfone groups is 1. The van der Waals surface area contributed by atoms with Gasteiger partial charge in [0.25, 0.3) is 0 Å². The summed E-state index contributed by atoms with van der Waals surface area (Å²) >= 11 is 0. The Balaban J connectivity index is 1.90. The first-order valence-electron chi connectivity index (χ1n) is 10.7. The first-order chi connectivity index (χ1) is 15.3. The molecule has 0 bridgehead atoms. The lowest BCUT2D eigenvalue weighted by Crippen LogP contribution is -2.50. The predicted molar refractivity (Wildman–Crippen MR) is 127 cm³/mol. The molecule has 0 unspecified atom stereocenters. The summed E-state index contributed by atoms with van der Waals surface area (Å²) < 4.78 is 27.9. The van der Waals surface area contributed by atoms with Crippen LogP contribution in [0.5, 0.6) is 0 Å². The Bertz CT molecular complexity index is 1400. The van der Waals surface area contributed by atoms with Gasteiger partial charge in [0.05, 0.1) is 31.0 Å². The molecule has 1 amide bonds. The zero-order chi connectivity index (χ0) is 22.9. The maximum Gasteiger partial charge on any atom is 0.224 e. The molecule has 0 fully saturated rings. The fourth-order valence-corrected chi connectivity index (χ4v) is 6.02. The van der Waals surface area contributed by atoms with E-state index in [2.05, 4.69) is 10.2 Å². The molecule has 32 heavy (non-hydrogen) atoms. The Kier molecular flexibility index (Phi) is 5.75. The van der Waals surface area contributed by atoms with Gasteiger partial charge in [-0.2, -0.15) is 5.10 Å². The Labute approximate surface area is 187 Å². The number of carbonyl (C=O) groups excluding carboxylic acids is 1. The number of hydrogen-bond donors (Lipinski definition) is 2. The number of rotatable bonds is 8. The number of nitrogens with zero attached hydrogens (tertiary/aromatic N) is 2. The minimum atomic E-state index is -3.85. The average Bonchev–Trinajstić information content (AvgIpc) is 3.25. The maximum atomic E-state index is 13.7. The zero-order valence-electron chi connectivity index (χ0n) is 18.2. The highest BCUT2D eigenvalue weighted by molar-refractivity contribution is 7.91. The number of benzene rings is 3. The van der Waals surface area contributed by atoms with E-state index < -0.39 is 9.84 Å². The molecule has 1 aromatic heterocycles. The monoisotopic (exact) mass is 451 g/mol. The van der Waals surface area contributed by atoms with Gasteiger partial charge in [0.15, 0.2) is 16.2 Å². The molecule has 0 aliphatic rings. The molecule has 3 aromatic carbocycles. The van der Waals surface area contributed by atoms with Crippen molar-refractivity contribution in [3.63, 3.8) is 0 Å². The van der Waals surface area contributed by atoms with Crippen molar-refractivity contribution < 1.29 is 13.2 Å². The van der Waals surface area contributed by atoms with E-state index in [0.717, 1.165) is 24.2 Å². The molecule has 3 N–H and O–H groups in total. The summed E-state index contributed by atoms with van der Waals surface area (Å²) in [4.78, 5) is 11.7. The Morgan fingerprint density at radius 1 is 0.969 bits per heavy atom. The van der Waals surface area contributed by atoms with Gasteiger partial charge in [0, 0.05) is 16.8 Å². The SMILES string of the molecule is CC[N+](CC)(CCC(N)=O)c1cccc2c(S(=O)(=O)c3cccc4ccccc34)[nH]nc12. The van der Waals surface area contributed by atoms with Crippen LogP contribution >= 0.6 is 0 Å². The molecular weight excluding hydrogens is 424 g/mol. The van der Waals surface area contributed by atoms with Gasteiger partial charge >= 0.3 is 0 Å². The second-order valence-corrected chi connectivity index (χ2v) is 9.78. The highest BCUT2D eigenvalue weighted by atomic mass is 32.2. The summed E-state index contributed by atoms with van der Waals surface area (Å²) in [5, 5.41) is 9.39. The van der Waals surface area contributed by atoms with Gasteiger partial charge in [-0.1, -0.05) is 42.5 Å². The Hall–Kier alpha value is -3.23. The molecule has 0 radical (unpaired) electrons. The van der Waals surface area contributed by atoms with Crippen LogP contribution in [-0.4, -0.2) is 44.2 Å². The third-order valence-corrected chi connectivity index (χ3v) is 8.13. The summed E-state index contributed by atoms with van der Waals surface area (Å²) in [5.41, 5.74) is 6.90. The second-order valence-electron chi connectivity index (χ2n) is 7.92. The van der Waals surface area contributed by atoms with Gasteiger partial charge in [-0.3, -0.25) is 14.4 Å². The molecule has 8 heteroatoms. The smallest absolute Gasteiger partial charge is 0.224 e. The fourth-order valence-electron chi connectivity index (χ4n) is 4.45. The normalized spacial score (nSPS) is 12.4. The van der Waals surface area contributed by atoms with Gasteiger partial charge in [0.2, 0.25) is 15.7 Å². The van der Waals surface area contributed by atoms with Crippen LogP contribution in [0.25, 0.3) is 21.7 Å². The maximum absolute atomic E-state index is 13.7. The molecule has 7 nitrogen and oxygen atoms in total. The summed E-state index contributed by atoms with van der Waals surface area (Å²) in [6.45, 7) is 6.06. The highest BCUT2D eigenvalue weighted by Crippen LogP contribution is 2.36. The van der Waals surface area contributed by atoms with Crippen LogP contribution in [0.3, 0.4) is 0 Å². The van der Waals surface area contributed by atoms with Crippen LogP contribution in [0.15, 0.2) is 70.6 Å². The van der Waals surface area contributed by atoms with E-state index in [1.165, 1.54) is 0 Å². The zero-order valence-corrected chi connectivity index (χ0v) is 19.0. The number of quaternary nitrogens is 1. The van der Waals surface area contributed by atoms with Crippen molar-refractivity contribution >= 4 is 43.1 Å². The van der Waals surface area contributed by atoms with Crippen molar-refractivity contribution in [2.45, 2.75) is 30.2 Å². The lowest BCUT2D eigenvalue weighted by atomic mass is 10.1. The first kappa shape index (κ1) is 22.0. The van der Waals surface area contributed by atoms with E-state index in [0.29, 0.717) is 27.3 Å². The minimum absolute atomic E-state index is 0.0749. The molecule has 0 aliphatic carbocycles. The Morgan fingerprint density at radius 3 is 2.34 bits per heavy atom. The first-order valence-corrected chi connectivity index (χ1v) is 12.2. The van der Waals surface area contributed by atoms with E-state index in [1.54, 1.807) is 18.2 Å². The summed E-state index contributed by atoms with van der Waals surface area (Å²) in [6, 6.07) is 18.3. The number of amides is 1. The van der Waals surface area contributed by atoms with E-state index in [4.69, 9.17) is 5.73 Å². The predicted octanol–water partition coefficient (Wildman–Crippen LogP) is 3.77. The number of carbonyl (C=O) groups is 1. The molecule has 4 rings (SSSR count). The highest BCUT2D eigenvalue weighted by Gasteiger charge is 2.33. The van der Waals surface area contributed by atoms with Crippen molar-refractivity contribution in [2.75, 3.05) is 19.6 Å². The number of para-hydroxylation sites is 1. The molecule has 0 atom stereocenters. The average molecular weight is 452 g/mol. The van der Waals surface area contributed by atoms with Gasteiger partial charge in [0.1, 0.15) is 0 Å². The molecule has 166 valence electrons. The summed E-state index contributed by atoms with van der Waals surface area (Å²) in [7, 11) is -3.85. The van der Waals surface area contributed by atoms with Gasteiger partial charge < -0.3 is 5.73 Å². The molecule has 0 saturated heterocycles. The number of nitrogens with one attached hydrogen (secondary N) is 1. The van der Waals surface area contributed by atoms with Crippen molar-refractivity contribution in [3.05, 3.63) is 60.7 Å². The van der Waals surface area contributed by atoms with Crippen LogP contribution in [-0.2, 0) is 14.6 Å². The molecule has 0 aliphatic heterocycles. The lowest BCUT2D eigenvalue weighted by Gasteiger charge is -2.36. The summed E-state index contributed by atoms with van der Waals surface area (Å²) in [6.07, 6.45) is 0.240. The standard InChI is InChI=1S/C24H26N4O3S/c1-3-28(4-2,16-15-22(25)29)20-13-8-12-19-23(20)26-27-24(19)32(30,31)21-14-7-10-17-9-5-6-11-18(17)21/h5-14H,3-4,15-16H2,1-2H3,(H2-,25,26,27,29)/p+1. The largest absolute Gasteiger partial charge is 0.369 e. The number of nitrogens with two attached hydrogens (primary N) is 1. The molecule has 0 saturated carbocycles. The van der Waals surface area contributed by atoms with Crippen molar-refractivity contribution in [1.29, 1.82) is 0 Å². The van der Waals surface area contributed by atoms with Gasteiger partial charge in [-0.25, -0.2) is 8.42 Å². The number of primary amides is 1. The molecule has 0 spiro atoms. The third kappa shape index (κ3) is 3.55. The molecule has 1 heterocycles. The van der Waals surface area contributed by atoms with Crippen molar-refractivity contribution in [3.8, 4) is 0 Å². The quantitative estimate of drug-likeness (QED) is 0.398. The fraction of sp³-hybridized carbons (Fsp3) is 0.250. The second kappa shape index (κ2) is 8.37. The molecular formula is C24H27N4O3S+. The van der Waals surface area contributed by atoms with Crippen molar-refractivity contribution in [1.82, 2.24) is 14.7 Å². The summed E-state index contributed by atoms with van der Waals surface area (Å²) in [5.74, 6) is -0.358. The van der Waals surface area contributed by atoms with Crippen LogP contribution < -0.4 is 10.2 Å². The van der Waals surface area contributed by atoms with Crippen LogP contribution in [0, 0.1) is 0 Å². The van der Waals surface area contributed by atoms with E-state index >= 15 is 0 Å². The van der Waals surface area contributed by atoms with Crippen LogP contribution in [0.2, 0.25) is 0 Å². The van der Waals surface area contributed by atoms with Crippen LogP contribution in [0.1, 0.15) is 20.3 Å². The molecule has 4 aromatic rings. The lowest BCUT2D eigenvalue weighted by molar-refractivity contribution is -0.118. The van der Waals surface area contributed by atoms with E-state index in [-0.39, 0.29) is 22.2 Å². The third-order valence-electron chi connectivity index (χ3n) is 6.34. The minimum Gasteiger partial charge on any atom is -0.369 e. The Morgan fingerprint density at radius 2 is 1.62 bits per heavy atom. The number of H-pyrrole nitrogens is 1. The topological polar surface area (TPSA) is 106 Å². The number of fused-ring (bicyclic) bond motifs is 2.